The van der Waals surface area contributed by atoms with Crippen LogP contribution in [0.15, 0.2) is 12.1 Å². The molecule has 0 amide bonds. The average Bonchev–Trinajstić information content (AvgIpc) is 2.71. The Morgan fingerprint density at radius 3 is 2.79 bits per heavy atom. The maximum absolute atomic E-state index is 11.5. The van der Waals surface area contributed by atoms with E-state index in [1.54, 1.807) is 12.1 Å². The zero-order valence-corrected chi connectivity index (χ0v) is 7.20. The van der Waals surface area contributed by atoms with Crippen LogP contribution >= 0.6 is 0 Å². The normalized spacial score (nSPS) is 17.4. The van der Waals surface area contributed by atoms with Gasteiger partial charge in [0.1, 0.15) is 0 Å². The van der Waals surface area contributed by atoms with Crippen LogP contribution in [-0.4, -0.2) is 18.4 Å². The second kappa shape index (κ2) is 2.35. The Kier molecular flexibility index (Phi) is 1.27. The lowest BCUT2D eigenvalue weighted by Crippen LogP contribution is -1.96. The SMILES string of the molecule is O=C1CC(=O)c2c1ccc1c2OCO1. The van der Waals surface area contributed by atoms with Crippen molar-refractivity contribution in [2.75, 3.05) is 6.79 Å². The standard InChI is InChI=1S/C10H6O4/c11-6-3-7(12)9-5(6)1-2-8-10(9)14-4-13-8/h1-2H,3-4H2. The summed E-state index contributed by atoms with van der Waals surface area (Å²) >= 11 is 0. The lowest BCUT2D eigenvalue weighted by atomic mass is 10.1. The van der Waals surface area contributed by atoms with Gasteiger partial charge in [-0.05, 0) is 12.1 Å². The Balaban J connectivity index is 2.33. The highest BCUT2D eigenvalue weighted by Gasteiger charge is 2.34. The van der Waals surface area contributed by atoms with Gasteiger partial charge in [0.05, 0.1) is 12.0 Å². The minimum absolute atomic E-state index is 0.0465. The molecule has 3 rings (SSSR count). The number of carbonyl (C=O) groups excluding carboxylic acids is 2. The summed E-state index contributed by atoms with van der Waals surface area (Å²) in [5, 5.41) is 0. The van der Waals surface area contributed by atoms with Gasteiger partial charge in [-0.1, -0.05) is 0 Å². The molecule has 1 heterocycles. The lowest BCUT2D eigenvalue weighted by Gasteiger charge is -2.00. The third kappa shape index (κ3) is 0.775. The van der Waals surface area contributed by atoms with E-state index in [0.29, 0.717) is 22.6 Å². The molecule has 1 aromatic rings. The number of ether oxygens (including phenoxy) is 2. The fourth-order valence-corrected chi connectivity index (χ4v) is 1.81. The van der Waals surface area contributed by atoms with Crippen molar-refractivity contribution in [2.45, 2.75) is 6.42 Å². The van der Waals surface area contributed by atoms with Crippen molar-refractivity contribution < 1.29 is 19.1 Å². The molecule has 0 saturated carbocycles. The summed E-state index contributed by atoms with van der Waals surface area (Å²) in [5.41, 5.74) is 0.851. The number of fused-ring (bicyclic) bond motifs is 3. The van der Waals surface area contributed by atoms with E-state index in [9.17, 15) is 9.59 Å². The van der Waals surface area contributed by atoms with Gasteiger partial charge in [0, 0.05) is 5.56 Å². The molecule has 0 spiro atoms. The van der Waals surface area contributed by atoms with Crippen molar-refractivity contribution in [2.24, 2.45) is 0 Å². The molecular weight excluding hydrogens is 184 g/mol. The number of Topliss-reactive ketones (excluding diaryl/α,β-unsaturated/α-hetero) is 2. The molecule has 70 valence electrons. The second-order valence-corrected chi connectivity index (χ2v) is 3.25. The zero-order chi connectivity index (χ0) is 9.71. The molecule has 0 fully saturated rings. The summed E-state index contributed by atoms with van der Waals surface area (Å²) in [5.74, 6) is 0.667. The van der Waals surface area contributed by atoms with Crippen LogP contribution in [0.4, 0.5) is 0 Å². The molecule has 0 N–H and O–H groups in total. The first kappa shape index (κ1) is 7.55. The summed E-state index contributed by atoms with van der Waals surface area (Å²) in [7, 11) is 0. The van der Waals surface area contributed by atoms with E-state index in [4.69, 9.17) is 9.47 Å². The van der Waals surface area contributed by atoms with Gasteiger partial charge in [0.25, 0.3) is 0 Å². The number of carbonyl (C=O) groups is 2. The van der Waals surface area contributed by atoms with Crippen molar-refractivity contribution in [3.05, 3.63) is 23.3 Å². The molecule has 0 atom stereocenters. The molecule has 1 aromatic carbocycles. The Hall–Kier alpha value is -1.84. The monoisotopic (exact) mass is 190 g/mol. The van der Waals surface area contributed by atoms with Crippen LogP contribution in [-0.2, 0) is 0 Å². The second-order valence-electron chi connectivity index (χ2n) is 3.25. The van der Waals surface area contributed by atoms with Gasteiger partial charge in [0.2, 0.25) is 6.79 Å². The molecular formula is C10H6O4. The maximum atomic E-state index is 11.5. The van der Waals surface area contributed by atoms with Gasteiger partial charge < -0.3 is 9.47 Å². The van der Waals surface area contributed by atoms with Gasteiger partial charge in [-0.2, -0.15) is 0 Å². The van der Waals surface area contributed by atoms with E-state index >= 15 is 0 Å². The van der Waals surface area contributed by atoms with Crippen LogP contribution in [0.5, 0.6) is 11.5 Å². The van der Waals surface area contributed by atoms with Crippen LogP contribution < -0.4 is 9.47 Å². The van der Waals surface area contributed by atoms with Gasteiger partial charge in [-0.25, -0.2) is 0 Å². The molecule has 0 saturated heterocycles. The summed E-state index contributed by atoms with van der Waals surface area (Å²) in [6.07, 6.45) is -0.0465. The molecule has 1 aliphatic heterocycles. The van der Waals surface area contributed by atoms with E-state index in [0.717, 1.165) is 0 Å². The predicted octanol–water partition coefficient (Wildman–Crippen LogP) is 1.18. The maximum Gasteiger partial charge on any atom is 0.231 e. The Bertz CT molecular complexity index is 461. The number of rotatable bonds is 0. The minimum Gasteiger partial charge on any atom is -0.454 e. The number of hydrogen-bond donors (Lipinski definition) is 0. The third-order valence-electron chi connectivity index (χ3n) is 2.44. The molecule has 0 radical (unpaired) electrons. The zero-order valence-electron chi connectivity index (χ0n) is 7.20. The minimum atomic E-state index is -0.174. The van der Waals surface area contributed by atoms with Crippen molar-refractivity contribution in [1.82, 2.24) is 0 Å². The van der Waals surface area contributed by atoms with Gasteiger partial charge >= 0.3 is 0 Å². The first-order chi connectivity index (χ1) is 6.77. The Morgan fingerprint density at radius 2 is 1.93 bits per heavy atom. The fraction of sp³-hybridized carbons (Fsp3) is 0.200. The smallest absolute Gasteiger partial charge is 0.231 e. The fourth-order valence-electron chi connectivity index (χ4n) is 1.81. The molecule has 0 bridgehead atoms. The molecule has 1 aliphatic carbocycles. The van der Waals surface area contributed by atoms with Crippen LogP contribution in [0.1, 0.15) is 27.1 Å². The molecule has 0 aromatic heterocycles. The van der Waals surface area contributed by atoms with Crippen LogP contribution in [0, 0.1) is 0 Å². The number of hydrogen-bond acceptors (Lipinski definition) is 4. The summed E-state index contributed by atoms with van der Waals surface area (Å²) in [6, 6.07) is 3.29. The van der Waals surface area contributed by atoms with E-state index < -0.39 is 0 Å². The van der Waals surface area contributed by atoms with Crippen molar-refractivity contribution in [3.63, 3.8) is 0 Å². The van der Waals surface area contributed by atoms with Crippen molar-refractivity contribution >= 4 is 11.6 Å². The Labute approximate surface area is 79.4 Å². The highest BCUT2D eigenvalue weighted by atomic mass is 16.7. The number of benzene rings is 1. The lowest BCUT2D eigenvalue weighted by molar-refractivity contribution is 0.0922. The molecule has 4 nitrogen and oxygen atoms in total. The highest BCUT2D eigenvalue weighted by Crippen LogP contribution is 2.40. The van der Waals surface area contributed by atoms with E-state index in [1.165, 1.54) is 0 Å². The molecule has 0 unspecified atom stereocenters. The molecule has 2 aliphatic rings. The summed E-state index contributed by atoms with van der Waals surface area (Å²) in [6.45, 7) is 0.118. The van der Waals surface area contributed by atoms with E-state index in [-0.39, 0.29) is 24.8 Å². The first-order valence-electron chi connectivity index (χ1n) is 4.26. The van der Waals surface area contributed by atoms with Gasteiger partial charge in [-0.3, -0.25) is 9.59 Å². The molecule has 4 heteroatoms. The van der Waals surface area contributed by atoms with Crippen LogP contribution in [0.3, 0.4) is 0 Å². The molecule has 14 heavy (non-hydrogen) atoms. The van der Waals surface area contributed by atoms with E-state index in [1.807, 2.05) is 0 Å². The van der Waals surface area contributed by atoms with Gasteiger partial charge in [0.15, 0.2) is 23.1 Å². The predicted molar refractivity (Wildman–Crippen MR) is 45.8 cm³/mol. The quantitative estimate of drug-likeness (QED) is 0.576. The van der Waals surface area contributed by atoms with Crippen molar-refractivity contribution in [3.8, 4) is 11.5 Å². The van der Waals surface area contributed by atoms with Crippen LogP contribution in [0.25, 0.3) is 0 Å². The average molecular weight is 190 g/mol. The Morgan fingerprint density at radius 1 is 1.07 bits per heavy atom. The van der Waals surface area contributed by atoms with Crippen molar-refractivity contribution in [1.29, 1.82) is 0 Å². The topological polar surface area (TPSA) is 52.6 Å². The van der Waals surface area contributed by atoms with Gasteiger partial charge in [-0.15, -0.1) is 0 Å². The first-order valence-corrected chi connectivity index (χ1v) is 4.26. The van der Waals surface area contributed by atoms with E-state index in [2.05, 4.69) is 0 Å². The summed E-state index contributed by atoms with van der Waals surface area (Å²) < 4.78 is 10.3. The van der Waals surface area contributed by atoms with Crippen LogP contribution in [0.2, 0.25) is 0 Å². The highest BCUT2D eigenvalue weighted by molar-refractivity contribution is 6.25. The largest absolute Gasteiger partial charge is 0.454 e. The summed E-state index contributed by atoms with van der Waals surface area (Å²) in [4.78, 5) is 22.8. The third-order valence-corrected chi connectivity index (χ3v) is 2.44. The number of ketones is 2.